The second kappa shape index (κ2) is 4.93. The van der Waals surface area contributed by atoms with E-state index in [0.29, 0.717) is 11.5 Å². The molecule has 0 aromatic rings. The lowest BCUT2D eigenvalue weighted by molar-refractivity contribution is -0.118. The molecule has 0 rings (SSSR count). The topological polar surface area (TPSA) is 41.1 Å². The van der Waals surface area contributed by atoms with Gasteiger partial charge in [0, 0.05) is 13.5 Å². The van der Waals surface area contributed by atoms with E-state index in [0.717, 1.165) is 0 Å². The van der Waals surface area contributed by atoms with Crippen molar-refractivity contribution in [3.8, 4) is 0 Å². The zero-order valence-electron chi connectivity index (χ0n) is 5.81. The Bertz CT molecular complexity index is 156. The molecule has 56 valence electrons. The monoisotopic (exact) mass is 158 g/mol. The molecule has 0 saturated carbocycles. The fourth-order valence-electron chi connectivity index (χ4n) is 0.371. The summed E-state index contributed by atoms with van der Waals surface area (Å²) >= 11 is 4.67. The highest BCUT2D eigenvalue weighted by Crippen LogP contribution is 1.78. The molecule has 3 nitrogen and oxygen atoms in total. The van der Waals surface area contributed by atoms with Crippen molar-refractivity contribution >= 4 is 23.2 Å². The van der Waals surface area contributed by atoms with Crippen LogP contribution in [0.25, 0.3) is 0 Å². The molecule has 2 N–H and O–H groups in total. The third kappa shape index (κ3) is 4.03. The van der Waals surface area contributed by atoms with Crippen molar-refractivity contribution < 1.29 is 4.79 Å². The van der Waals surface area contributed by atoms with Crippen LogP contribution in [-0.2, 0) is 4.79 Å². The van der Waals surface area contributed by atoms with Crippen LogP contribution in [0.3, 0.4) is 0 Å². The first-order chi connectivity index (χ1) is 4.70. The van der Waals surface area contributed by atoms with Gasteiger partial charge in [0.25, 0.3) is 0 Å². The molecule has 0 aromatic carbocycles. The van der Waals surface area contributed by atoms with E-state index in [1.165, 1.54) is 6.08 Å². The van der Waals surface area contributed by atoms with E-state index in [1.807, 2.05) is 0 Å². The maximum Gasteiger partial charge on any atom is 0.229 e. The van der Waals surface area contributed by atoms with Crippen LogP contribution in [0.15, 0.2) is 12.7 Å². The summed E-state index contributed by atoms with van der Waals surface area (Å²) < 4.78 is 0. The molecule has 0 heterocycles. The minimum atomic E-state index is -0.144. The van der Waals surface area contributed by atoms with E-state index >= 15 is 0 Å². The first kappa shape index (κ1) is 9.10. The fourth-order valence-corrected chi connectivity index (χ4v) is 0.485. The molecular weight excluding hydrogens is 148 g/mol. The summed E-state index contributed by atoms with van der Waals surface area (Å²) in [6.07, 6.45) is 1.81. The van der Waals surface area contributed by atoms with Crippen molar-refractivity contribution in [3.05, 3.63) is 12.7 Å². The molecule has 0 atom stereocenters. The number of carbonyl (C=O) groups is 1. The van der Waals surface area contributed by atoms with Crippen molar-refractivity contribution in [3.63, 3.8) is 0 Å². The third-order valence-electron chi connectivity index (χ3n) is 0.810. The van der Waals surface area contributed by atoms with Crippen LogP contribution in [-0.4, -0.2) is 18.1 Å². The molecule has 10 heavy (non-hydrogen) atoms. The Morgan fingerprint density at radius 3 is 2.80 bits per heavy atom. The van der Waals surface area contributed by atoms with E-state index in [2.05, 4.69) is 29.4 Å². The Morgan fingerprint density at radius 1 is 1.80 bits per heavy atom. The zero-order valence-corrected chi connectivity index (χ0v) is 6.62. The summed E-state index contributed by atoms with van der Waals surface area (Å²) in [5, 5.41) is 5.40. The molecule has 0 unspecified atom stereocenters. The Labute approximate surface area is 65.5 Å². The van der Waals surface area contributed by atoms with Gasteiger partial charge in [-0.3, -0.25) is 4.79 Å². The van der Waals surface area contributed by atoms with Gasteiger partial charge in [-0.2, -0.15) is 0 Å². The lowest BCUT2D eigenvalue weighted by atomic mass is 10.4. The number of amides is 1. The molecule has 0 aliphatic heterocycles. The Balaban J connectivity index is 3.57. The van der Waals surface area contributed by atoms with E-state index < -0.39 is 0 Å². The average molecular weight is 158 g/mol. The average Bonchev–Trinajstić information content (AvgIpc) is 1.88. The number of hydrogen-bond donors (Lipinski definition) is 2. The lowest BCUT2D eigenvalue weighted by Gasteiger charge is -2.02. The molecular formula is C6H10N2OS. The van der Waals surface area contributed by atoms with E-state index in [4.69, 9.17) is 0 Å². The van der Waals surface area contributed by atoms with Crippen molar-refractivity contribution in [2.75, 3.05) is 7.05 Å². The first-order valence-corrected chi connectivity index (χ1v) is 3.24. The number of carbonyl (C=O) groups excluding carboxylic acids is 1. The maximum absolute atomic E-state index is 10.7. The Kier molecular flexibility index (Phi) is 4.49. The van der Waals surface area contributed by atoms with Gasteiger partial charge in [0.2, 0.25) is 5.91 Å². The second-order valence-electron chi connectivity index (χ2n) is 1.62. The Hall–Kier alpha value is -0.900. The summed E-state index contributed by atoms with van der Waals surface area (Å²) in [6, 6.07) is 0. The van der Waals surface area contributed by atoms with Crippen molar-refractivity contribution in [2.45, 2.75) is 6.42 Å². The van der Waals surface area contributed by atoms with Crippen LogP contribution in [0.1, 0.15) is 6.42 Å². The predicted molar refractivity (Wildman–Crippen MR) is 44.6 cm³/mol. The van der Waals surface area contributed by atoms with Crippen molar-refractivity contribution in [2.24, 2.45) is 0 Å². The molecule has 0 fully saturated rings. The van der Waals surface area contributed by atoms with Crippen LogP contribution >= 0.6 is 12.2 Å². The Morgan fingerprint density at radius 2 is 2.40 bits per heavy atom. The number of nitrogens with one attached hydrogen (secondary N) is 2. The second-order valence-corrected chi connectivity index (χ2v) is 2.03. The third-order valence-corrected chi connectivity index (χ3v) is 1.12. The maximum atomic E-state index is 10.7. The first-order valence-electron chi connectivity index (χ1n) is 2.83. The van der Waals surface area contributed by atoms with Gasteiger partial charge in [-0.05, 0) is 12.2 Å². The normalized spacial score (nSPS) is 8.10. The largest absolute Gasteiger partial charge is 0.365 e. The van der Waals surface area contributed by atoms with Gasteiger partial charge in [0.05, 0.1) is 0 Å². The van der Waals surface area contributed by atoms with Gasteiger partial charge in [0.1, 0.15) is 0 Å². The SMILES string of the molecule is C=CCC(=O)NC(=S)NC. The van der Waals surface area contributed by atoms with Gasteiger partial charge < -0.3 is 10.6 Å². The molecule has 0 aromatic heterocycles. The number of thiocarbonyl (C=S) groups is 1. The predicted octanol–water partition coefficient (Wildman–Crippen LogP) is 0.183. The van der Waals surface area contributed by atoms with Crippen LogP contribution in [0.5, 0.6) is 0 Å². The molecule has 0 aliphatic carbocycles. The van der Waals surface area contributed by atoms with Gasteiger partial charge in [-0.15, -0.1) is 6.58 Å². The van der Waals surface area contributed by atoms with E-state index in [-0.39, 0.29) is 5.91 Å². The van der Waals surface area contributed by atoms with Gasteiger partial charge in [0.15, 0.2) is 5.11 Å². The van der Waals surface area contributed by atoms with E-state index in [1.54, 1.807) is 7.05 Å². The lowest BCUT2D eigenvalue weighted by Crippen LogP contribution is -2.36. The number of hydrogen-bond acceptors (Lipinski definition) is 2. The molecule has 0 saturated heterocycles. The summed E-state index contributed by atoms with van der Waals surface area (Å²) in [6.45, 7) is 3.41. The summed E-state index contributed by atoms with van der Waals surface area (Å²) in [4.78, 5) is 10.7. The van der Waals surface area contributed by atoms with Crippen molar-refractivity contribution in [1.82, 2.24) is 10.6 Å². The number of rotatable bonds is 2. The molecule has 4 heteroatoms. The van der Waals surface area contributed by atoms with Gasteiger partial charge in [-0.25, -0.2) is 0 Å². The molecule has 0 aliphatic rings. The highest BCUT2D eigenvalue weighted by atomic mass is 32.1. The van der Waals surface area contributed by atoms with Crippen LogP contribution < -0.4 is 10.6 Å². The summed E-state index contributed by atoms with van der Waals surface area (Å²) in [7, 11) is 1.65. The summed E-state index contributed by atoms with van der Waals surface area (Å²) in [5.74, 6) is -0.144. The highest BCUT2D eigenvalue weighted by Gasteiger charge is 1.97. The molecule has 0 spiro atoms. The molecule has 0 bridgehead atoms. The standard InChI is InChI=1S/C6H10N2OS/c1-3-4-5(9)8-6(10)7-2/h3H,1,4H2,2H3,(H2,7,8,9,10). The molecule has 0 radical (unpaired) electrons. The van der Waals surface area contributed by atoms with Crippen LogP contribution in [0, 0.1) is 0 Å². The summed E-state index contributed by atoms with van der Waals surface area (Å²) in [5.41, 5.74) is 0. The highest BCUT2D eigenvalue weighted by molar-refractivity contribution is 7.80. The zero-order chi connectivity index (χ0) is 7.98. The minimum Gasteiger partial charge on any atom is -0.365 e. The van der Waals surface area contributed by atoms with E-state index in [9.17, 15) is 4.79 Å². The van der Waals surface area contributed by atoms with Crippen LogP contribution in [0.2, 0.25) is 0 Å². The van der Waals surface area contributed by atoms with Gasteiger partial charge in [-0.1, -0.05) is 6.08 Å². The van der Waals surface area contributed by atoms with Crippen LogP contribution in [0.4, 0.5) is 0 Å². The minimum absolute atomic E-state index is 0.144. The van der Waals surface area contributed by atoms with Crippen molar-refractivity contribution in [1.29, 1.82) is 0 Å². The van der Waals surface area contributed by atoms with Gasteiger partial charge >= 0.3 is 0 Å². The molecule has 1 amide bonds. The smallest absolute Gasteiger partial charge is 0.229 e. The quantitative estimate of drug-likeness (QED) is 0.445. The fraction of sp³-hybridized carbons (Fsp3) is 0.333.